The van der Waals surface area contributed by atoms with Crippen LogP contribution in [-0.2, 0) is 10.0 Å². The maximum Gasteiger partial charge on any atom is 0.516 e. The van der Waals surface area contributed by atoms with Crippen molar-refractivity contribution in [2.24, 2.45) is 17.8 Å². The Bertz CT molecular complexity index is 827. The highest BCUT2D eigenvalue weighted by Gasteiger charge is 2.46. The highest BCUT2D eigenvalue weighted by atomic mass is 32.2. The molecule has 0 spiro atoms. The number of anilines is 1. The molecule has 28 heavy (non-hydrogen) atoms. The van der Waals surface area contributed by atoms with E-state index in [0.29, 0.717) is 12.3 Å². The Hall–Kier alpha value is -2.04. The summed E-state index contributed by atoms with van der Waals surface area (Å²) < 4.78 is 68.5. The van der Waals surface area contributed by atoms with E-state index in [2.05, 4.69) is 0 Å². The number of halogens is 3. The van der Waals surface area contributed by atoms with Gasteiger partial charge in [0.25, 0.3) is 5.69 Å². The molecule has 0 aliphatic heterocycles. The molecule has 0 radical (unpaired) electrons. The molecule has 3 atom stereocenters. The second kappa shape index (κ2) is 8.14. The van der Waals surface area contributed by atoms with E-state index in [0.717, 1.165) is 31.0 Å². The first-order valence-electron chi connectivity index (χ1n) is 8.86. The largest absolute Gasteiger partial charge is 0.516 e. The molecule has 2 rings (SSSR count). The minimum atomic E-state index is -5.69. The lowest BCUT2D eigenvalue weighted by atomic mass is 9.75. The van der Waals surface area contributed by atoms with Gasteiger partial charge < -0.3 is 4.74 Å². The second-order valence-corrected chi connectivity index (χ2v) is 9.15. The van der Waals surface area contributed by atoms with Crippen molar-refractivity contribution in [2.75, 3.05) is 4.72 Å². The Kier molecular flexibility index (Phi) is 6.47. The summed E-state index contributed by atoms with van der Waals surface area (Å²) in [5, 5.41) is 11.1. The average Bonchev–Trinajstić information content (AvgIpc) is 2.54. The number of alkyl halides is 3. The number of benzene rings is 1. The second-order valence-electron chi connectivity index (χ2n) is 7.47. The monoisotopic (exact) mass is 424 g/mol. The summed E-state index contributed by atoms with van der Waals surface area (Å²) >= 11 is 0. The van der Waals surface area contributed by atoms with Crippen LogP contribution >= 0.6 is 0 Å². The number of nitrogens with zero attached hydrogens (tertiary/aromatic N) is 1. The Morgan fingerprint density at radius 3 is 2.46 bits per heavy atom. The summed E-state index contributed by atoms with van der Waals surface area (Å²) in [6.45, 7) is 6.02. The summed E-state index contributed by atoms with van der Waals surface area (Å²) in [6.07, 6.45) is 2.06. The fraction of sp³-hybridized carbons (Fsp3) is 0.647. The van der Waals surface area contributed by atoms with E-state index in [1.54, 1.807) is 0 Å². The zero-order valence-corrected chi connectivity index (χ0v) is 16.5. The van der Waals surface area contributed by atoms with Crippen LogP contribution < -0.4 is 9.46 Å². The molecule has 0 aromatic heterocycles. The Morgan fingerprint density at radius 1 is 1.29 bits per heavy atom. The smallest absolute Gasteiger partial charge is 0.488 e. The molecule has 1 aromatic rings. The molecule has 1 aliphatic rings. The summed E-state index contributed by atoms with van der Waals surface area (Å²) in [6, 6.07) is 2.78. The van der Waals surface area contributed by atoms with Gasteiger partial charge in [0.1, 0.15) is 6.10 Å². The summed E-state index contributed by atoms with van der Waals surface area (Å²) in [5.41, 5.74) is -6.41. The van der Waals surface area contributed by atoms with Crippen LogP contribution in [0, 0.1) is 27.9 Å². The normalized spacial score (nSPS) is 23.5. The van der Waals surface area contributed by atoms with Crippen molar-refractivity contribution in [2.45, 2.75) is 51.6 Å². The first kappa shape index (κ1) is 22.3. The number of rotatable bonds is 6. The van der Waals surface area contributed by atoms with Crippen LogP contribution in [-0.4, -0.2) is 25.0 Å². The number of hydrogen-bond acceptors (Lipinski definition) is 5. The number of hydrogen-bond donors (Lipinski definition) is 1. The topological polar surface area (TPSA) is 98.5 Å². The predicted molar refractivity (Wildman–Crippen MR) is 97.5 cm³/mol. The SMILES string of the molecule is CC1CCC(C(C)C)C(Oc2cc([N+](=O)[O-])ccc2NS(=O)(=O)C(F)(F)F)C1. The summed E-state index contributed by atoms with van der Waals surface area (Å²) in [7, 11) is -5.69. The van der Waals surface area contributed by atoms with E-state index < -0.39 is 31.8 Å². The fourth-order valence-electron chi connectivity index (χ4n) is 3.42. The van der Waals surface area contributed by atoms with Crippen molar-refractivity contribution in [1.82, 2.24) is 0 Å². The van der Waals surface area contributed by atoms with Gasteiger partial charge in [0.05, 0.1) is 16.7 Å². The summed E-state index contributed by atoms with van der Waals surface area (Å²) in [5.74, 6) is 0.356. The third-order valence-corrected chi connectivity index (χ3v) is 6.06. The molecule has 7 nitrogen and oxygen atoms in total. The van der Waals surface area contributed by atoms with E-state index >= 15 is 0 Å². The minimum absolute atomic E-state index is 0.0996. The molecule has 1 saturated carbocycles. The molecular formula is C17H23F3N2O5S. The van der Waals surface area contributed by atoms with Crippen molar-refractivity contribution in [3.63, 3.8) is 0 Å². The zero-order chi connectivity index (χ0) is 21.3. The zero-order valence-electron chi connectivity index (χ0n) is 15.7. The quantitative estimate of drug-likeness (QED) is 0.527. The van der Waals surface area contributed by atoms with Gasteiger partial charge in [-0.2, -0.15) is 21.6 Å². The third kappa shape index (κ3) is 5.06. The van der Waals surface area contributed by atoms with Crippen LogP contribution in [0.15, 0.2) is 18.2 Å². The van der Waals surface area contributed by atoms with Gasteiger partial charge in [-0.1, -0.05) is 27.2 Å². The maximum atomic E-state index is 12.7. The minimum Gasteiger partial charge on any atom is -0.488 e. The van der Waals surface area contributed by atoms with Crippen molar-refractivity contribution < 1.29 is 31.2 Å². The van der Waals surface area contributed by atoms with Gasteiger partial charge in [-0.05, 0) is 36.7 Å². The molecule has 0 bridgehead atoms. The number of non-ortho nitro benzene ring substituents is 1. The van der Waals surface area contributed by atoms with Crippen molar-refractivity contribution in [3.8, 4) is 5.75 Å². The van der Waals surface area contributed by atoms with Gasteiger partial charge in [-0.15, -0.1) is 0 Å². The van der Waals surface area contributed by atoms with Crippen LogP contribution in [0.5, 0.6) is 5.75 Å². The number of ether oxygens (including phenoxy) is 1. The average molecular weight is 424 g/mol. The highest BCUT2D eigenvalue weighted by Crippen LogP contribution is 2.39. The van der Waals surface area contributed by atoms with Crippen molar-refractivity contribution in [1.29, 1.82) is 0 Å². The lowest BCUT2D eigenvalue weighted by Gasteiger charge is -2.37. The van der Waals surface area contributed by atoms with Gasteiger partial charge in [-0.3, -0.25) is 14.8 Å². The number of sulfonamides is 1. The molecule has 1 aromatic carbocycles. The molecular weight excluding hydrogens is 401 g/mol. The Balaban J connectivity index is 2.42. The fourth-order valence-corrected chi connectivity index (χ4v) is 4.00. The van der Waals surface area contributed by atoms with Gasteiger partial charge in [0.15, 0.2) is 5.75 Å². The van der Waals surface area contributed by atoms with E-state index in [-0.39, 0.29) is 23.7 Å². The molecule has 3 unspecified atom stereocenters. The van der Waals surface area contributed by atoms with Crippen LogP contribution in [0.1, 0.15) is 40.0 Å². The molecule has 0 saturated heterocycles. The molecule has 0 heterocycles. The van der Waals surface area contributed by atoms with E-state index in [9.17, 15) is 31.7 Å². The van der Waals surface area contributed by atoms with E-state index in [1.165, 1.54) is 4.72 Å². The molecule has 11 heteroatoms. The molecule has 0 amide bonds. The number of nitrogens with one attached hydrogen (secondary N) is 1. The molecule has 1 fully saturated rings. The molecule has 158 valence electrons. The standard InChI is InChI=1S/C17H23F3N2O5S/c1-10(2)13-6-4-11(3)8-15(13)27-16-9-12(22(23)24)5-7-14(16)21-28(25,26)17(18,19)20/h5,7,9-11,13,15,21H,4,6,8H2,1-3H3. The Labute approximate surface area is 161 Å². The lowest BCUT2D eigenvalue weighted by Crippen LogP contribution is -2.36. The molecule has 1 aliphatic carbocycles. The third-order valence-electron chi connectivity index (χ3n) is 4.96. The summed E-state index contributed by atoms with van der Waals surface area (Å²) in [4.78, 5) is 10.3. The first-order chi connectivity index (χ1) is 12.8. The van der Waals surface area contributed by atoms with Crippen LogP contribution in [0.25, 0.3) is 0 Å². The molecule has 1 N–H and O–H groups in total. The van der Waals surface area contributed by atoms with Gasteiger partial charge in [0, 0.05) is 6.07 Å². The predicted octanol–water partition coefficient (Wildman–Crippen LogP) is 4.70. The van der Waals surface area contributed by atoms with Crippen LogP contribution in [0.4, 0.5) is 24.5 Å². The van der Waals surface area contributed by atoms with Gasteiger partial charge in [0.2, 0.25) is 0 Å². The van der Waals surface area contributed by atoms with Crippen molar-refractivity contribution >= 4 is 21.4 Å². The highest BCUT2D eigenvalue weighted by molar-refractivity contribution is 7.93. The lowest BCUT2D eigenvalue weighted by molar-refractivity contribution is -0.384. The van der Waals surface area contributed by atoms with Crippen LogP contribution in [0.3, 0.4) is 0 Å². The van der Waals surface area contributed by atoms with E-state index in [4.69, 9.17) is 4.74 Å². The first-order valence-corrected chi connectivity index (χ1v) is 10.3. The van der Waals surface area contributed by atoms with Gasteiger partial charge in [-0.25, -0.2) is 0 Å². The number of nitro groups is 1. The Morgan fingerprint density at radius 2 is 1.93 bits per heavy atom. The van der Waals surface area contributed by atoms with Gasteiger partial charge >= 0.3 is 15.5 Å². The van der Waals surface area contributed by atoms with E-state index in [1.807, 2.05) is 20.8 Å². The maximum absolute atomic E-state index is 12.7. The van der Waals surface area contributed by atoms with Crippen molar-refractivity contribution in [3.05, 3.63) is 28.3 Å². The van der Waals surface area contributed by atoms with Crippen LogP contribution in [0.2, 0.25) is 0 Å². The number of nitro benzene ring substituents is 1.